The SMILES string of the molecule is CC(Nc1cc(N2CC([C@H]3CCCN(CCNS(C)(=O)=O)C3)C2)nc2ncnn12)c1ccc(Cl)cc1Cl. The number of sulfonamides is 1. The molecular formula is C24H32Cl2N8O2S. The van der Waals surface area contributed by atoms with Crippen molar-refractivity contribution >= 4 is 50.6 Å². The Labute approximate surface area is 227 Å². The van der Waals surface area contributed by atoms with Gasteiger partial charge in [0.1, 0.15) is 18.0 Å². The van der Waals surface area contributed by atoms with Crippen molar-refractivity contribution in [2.45, 2.75) is 25.8 Å². The van der Waals surface area contributed by atoms with Crippen LogP contribution in [0.1, 0.15) is 31.4 Å². The minimum Gasteiger partial charge on any atom is -0.363 e. The lowest BCUT2D eigenvalue weighted by Crippen LogP contribution is -2.54. The average molecular weight is 568 g/mol. The number of fused-ring (bicyclic) bond motifs is 1. The summed E-state index contributed by atoms with van der Waals surface area (Å²) in [4.78, 5) is 13.7. The maximum Gasteiger partial charge on any atom is 0.256 e. The van der Waals surface area contributed by atoms with Crippen molar-refractivity contribution in [3.63, 3.8) is 0 Å². The predicted octanol–water partition coefficient (Wildman–Crippen LogP) is 3.30. The van der Waals surface area contributed by atoms with Gasteiger partial charge in [0.2, 0.25) is 10.0 Å². The second kappa shape index (κ2) is 10.9. The molecule has 10 nitrogen and oxygen atoms in total. The van der Waals surface area contributed by atoms with E-state index in [0.29, 0.717) is 34.2 Å². The molecule has 0 radical (unpaired) electrons. The van der Waals surface area contributed by atoms with Crippen LogP contribution in [0.3, 0.4) is 0 Å². The first-order chi connectivity index (χ1) is 17.7. The van der Waals surface area contributed by atoms with Crippen LogP contribution in [0.4, 0.5) is 11.6 Å². The maximum atomic E-state index is 11.4. The maximum absolute atomic E-state index is 11.4. The van der Waals surface area contributed by atoms with E-state index in [2.05, 4.69) is 29.9 Å². The van der Waals surface area contributed by atoms with Crippen LogP contribution in [0.2, 0.25) is 10.0 Å². The van der Waals surface area contributed by atoms with Gasteiger partial charge in [0.15, 0.2) is 0 Å². The van der Waals surface area contributed by atoms with Gasteiger partial charge in [0.25, 0.3) is 5.78 Å². The number of aromatic nitrogens is 4. The fourth-order valence-electron chi connectivity index (χ4n) is 5.28. The second-order valence-corrected chi connectivity index (χ2v) is 12.7. The van der Waals surface area contributed by atoms with Crippen LogP contribution in [0.5, 0.6) is 0 Å². The van der Waals surface area contributed by atoms with Crippen molar-refractivity contribution in [2.24, 2.45) is 11.8 Å². The van der Waals surface area contributed by atoms with Crippen molar-refractivity contribution in [1.29, 1.82) is 0 Å². The molecule has 2 fully saturated rings. The summed E-state index contributed by atoms with van der Waals surface area (Å²) in [5.74, 6) is 3.40. The molecule has 0 saturated carbocycles. The number of benzene rings is 1. The van der Waals surface area contributed by atoms with Gasteiger partial charge in [0, 0.05) is 48.8 Å². The van der Waals surface area contributed by atoms with Gasteiger partial charge < -0.3 is 15.1 Å². The lowest BCUT2D eigenvalue weighted by molar-refractivity contribution is 0.121. The van der Waals surface area contributed by atoms with Crippen LogP contribution in [0, 0.1) is 11.8 Å². The first-order valence-corrected chi connectivity index (χ1v) is 15.2. The van der Waals surface area contributed by atoms with E-state index >= 15 is 0 Å². The van der Waals surface area contributed by atoms with Crippen molar-refractivity contribution in [2.75, 3.05) is 55.7 Å². The van der Waals surface area contributed by atoms with Crippen molar-refractivity contribution in [1.82, 2.24) is 29.2 Å². The van der Waals surface area contributed by atoms with Crippen LogP contribution < -0.4 is 14.9 Å². The normalized spacial score (nSPS) is 20.2. The van der Waals surface area contributed by atoms with Gasteiger partial charge in [-0.25, -0.2) is 13.1 Å². The molecule has 2 aliphatic rings. The average Bonchev–Trinajstić information content (AvgIpc) is 3.27. The lowest BCUT2D eigenvalue weighted by atomic mass is 9.80. The molecule has 2 atom stereocenters. The topological polar surface area (TPSA) is 108 Å². The zero-order chi connectivity index (χ0) is 26.2. The summed E-state index contributed by atoms with van der Waals surface area (Å²) in [5.41, 5.74) is 0.940. The molecule has 2 saturated heterocycles. The largest absolute Gasteiger partial charge is 0.363 e. The fourth-order valence-corrected chi connectivity index (χ4v) is 6.32. The first-order valence-electron chi connectivity index (χ1n) is 12.5. The Kier molecular flexibility index (Phi) is 7.78. The van der Waals surface area contributed by atoms with Gasteiger partial charge in [-0.1, -0.05) is 29.3 Å². The Morgan fingerprint density at radius 1 is 1.16 bits per heavy atom. The highest BCUT2D eigenvalue weighted by atomic mass is 35.5. The summed E-state index contributed by atoms with van der Waals surface area (Å²) in [6, 6.07) is 7.44. The van der Waals surface area contributed by atoms with Gasteiger partial charge in [-0.15, -0.1) is 0 Å². The smallest absolute Gasteiger partial charge is 0.256 e. The van der Waals surface area contributed by atoms with E-state index in [1.54, 1.807) is 10.6 Å². The van der Waals surface area contributed by atoms with Crippen LogP contribution in [-0.4, -0.2) is 78.4 Å². The van der Waals surface area contributed by atoms with Gasteiger partial charge in [0.05, 0.1) is 12.3 Å². The number of nitrogens with zero attached hydrogens (tertiary/aromatic N) is 6. The summed E-state index contributed by atoms with van der Waals surface area (Å²) < 4.78 is 27.0. The lowest BCUT2D eigenvalue weighted by Gasteiger charge is -2.47. The van der Waals surface area contributed by atoms with Crippen molar-refractivity contribution < 1.29 is 8.42 Å². The van der Waals surface area contributed by atoms with Crippen LogP contribution in [-0.2, 0) is 10.0 Å². The molecule has 2 aromatic heterocycles. The highest BCUT2D eigenvalue weighted by molar-refractivity contribution is 7.88. The third-order valence-corrected chi connectivity index (χ3v) is 8.56. The Morgan fingerprint density at radius 3 is 2.73 bits per heavy atom. The molecule has 2 aliphatic heterocycles. The number of likely N-dealkylation sites (tertiary alicyclic amines) is 1. The molecule has 0 bridgehead atoms. The number of nitrogens with one attached hydrogen (secondary N) is 2. The predicted molar refractivity (Wildman–Crippen MR) is 147 cm³/mol. The highest BCUT2D eigenvalue weighted by Crippen LogP contribution is 2.35. The third-order valence-electron chi connectivity index (χ3n) is 7.27. The van der Waals surface area contributed by atoms with Gasteiger partial charge >= 0.3 is 0 Å². The molecule has 3 aromatic rings. The minimum absolute atomic E-state index is 0.0815. The van der Waals surface area contributed by atoms with E-state index in [4.69, 9.17) is 28.2 Å². The molecule has 4 heterocycles. The molecular weight excluding hydrogens is 535 g/mol. The molecule has 1 unspecified atom stereocenters. The Morgan fingerprint density at radius 2 is 1.97 bits per heavy atom. The standard InChI is InChI=1S/C24H32Cl2N8O2S/c1-16(20-6-5-19(25)10-21(20)26)30-23-11-22(31-24-27-15-28-34(23)24)33-13-18(14-33)17-4-3-8-32(12-17)9-7-29-37(2,35)36/h5-6,10-11,15-18,29-30H,3-4,7-9,12-14H2,1-2H3/t16?,17-/m0/s1. The van der Waals surface area contributed by atoms with E-state index < -0.39 is 10.0 Å². The molecule has 0 spiro atoms. The number of rotatable bonds is 9. The summed E-state index contributed by atoms with van der Waals surface area (Å²) in [7, 11) is -3.15. The van der Waals surface area contributed by atoms with E-state index in [0.717, 1.165) is 56.3 Å². The summed E-state index contributed by atoms with van der Waals surface area (Å²) in [5, 5.41) is 9.06. The van der Waals surface area contributed by atoms with E-state index in [-0.39, 0.29) is 6.04 Å². The van der Waals surface area contributed by atoms with E-state index in [1.165, 1.54) is 19.0 Å². The van der Waals surface area contributed by atoms with E-state index in [9.17, 15) is 8.42 Å². The quantitative estimate of drug-likeness (QED) is 0.406. The number of hydrogen-bond donors (Lipinski definition) is 2. The molecule has 5 rings (SSSR count). The summed E-state index contributed by atoms with van der Waals surface area (Å²) in [6.45, 7) is 7.15. The number of hydrogen-bond acceptors (Lipinski definition) is 8. The van der Waals surface area contributed by atoms with Crippen LogP contribution in [0.15, 0.2) is 30.6 Å². The van der Waals surface area contributed by atoms with Gasteiger partial charge in [-0.05, 0) is 55.8 Å². The number of halogens is 2. The van der Waals surface area contributed by atoms with Gasteiger partial charge in [-0.2, -0.15) is 19.6 Å². The monoisotopic (exact) mass is 566 g/mol. The van der Waals surface area contributed by atoms with Crippen molar-refractivity contribution in [3.8, 4) is 0 Å². The summed E-state index contributed by atoms with van der Waals surface area (Å²) in [6.07, 6.45) is 5.06. The third kappa shape index (κ3) is 6.28. The van der Waals surface area contributed by atoms with Crippen LogP contribution in [0.25, 0.3) is 5.78 Å². The zero-order valence-corrected chi connectivity index (χ0v) is 23.3. The fraction of sp³-hybridized carbons (Fsp3) is 0.542. The molecule has 1 aromatic carbocycles. The first kappa shape index (κ1) is 26.4. The molecule has 0 amide bonds. The second-order valence-electron chi connectivity index (χ2n) is 10.0. The Bertz CT molecular complexity index is 1360. The van der Waals surface area contributed by atoms with E-state index in [1.807, 2.05) is 25.1 Å². The molecule has 37 heavy (non-hydrogen) atoms. The summed E-state index contributed by atoms with van der Waals surface area (Å²) >= 11 is 12.5. The van der Waals surface area contributed by atoms with Crippen LogP contribution >= 0.6 is 23.2 Å². The Balaban J connectivity index is 1.23. The number of piperidine rings is 1. The van der Waals surface area contributed by atoms with Crippen molar-refractivity contribution in [3.05, 3.63) is 46.2 Å². The Hall–Kier alpha value is -2.18. The molecule has 0 aliphatic carbocycles. The highest BCUT2D eigenvalue weighted by Gasteiger charge is 2.36. The molecule has 2 N–H and O–H groups in total. The number of anilines is 2. The zero-order valence-electron chi connectivity index (χ0n) is 20.9. The minimum atomic E-state index is -3.15. The molecule has 13 heteroatoms. The van der Waals surface area contributed by atoms with Gasteiger partial charge in [-0.3, -0.25) is 0 Å². The molecule has 200 valence electrons.